The van der Waals surface area contributed by atoms with Gasteiger partial charge in [-0.2, -0.15) is 0 Å². The van der Waals surface area contributed by atoms with Gasteiger partial charge in [-0.05, 0) is 44.7 Å². The Morgan fingerprint density at radius 1 is 1.32 bits per heavy atom. The summed E-state index contributed by atoms with van der Waals surface area (Å²) in [5.74, 6) is 1.11. The van der Waals surface area contributed by atoms with E-state index in [-0.39, 0.29) is 5.54 Å². The minimum Gasteiger partial charge on any atom is -0.355 e. The molecule has 3 heterocycles. The van der Waals surface area contributed by atoms with Crippen LogP contribution in [0.5, 0.6) is 0 Å². The first-order chi connectivity index (χ1) is 9.13. The Balaban J connectivity index is 1.90. The number of aryl methyl sites for hydroxylation is 1. The molecule has 0 amide bonds. The lowest BCUT2D eigenvalue weighted by atomic mass is 9.90. The highest BCUT2D eigenvalue weighted by Gasteiger charge is 2.29. The number of anilines is 1. The van der Waals surface area contributed by atoms with Gasteiger partial charge in [-0.25, -0.2) is 9.97 Å². The van der Waals surface area contributed by atoms with Gasteiger partial charge in [0, 0.05) is 18.6 Å². The van der Waals surface area contributed by atoms with Crippen molar-refractivity contribution in [3.8, 4) is 0 Å². The number of hydrogen-bond donors (Lipinski definition) is 1. The minimum absolute atomic E-state index is 0.272. The van der Waals surface area contributed by atoms with Crippen LogP contribution in [-0.2, 0) is 0 Å². The van der Waals surface area contributed by atoms with Gasteiger partial charge in [0.05, 0.1) is 10.2 Å². The number of fused-ring (bicyclic) bond motifs is 1. The molecule has 0 unspecified atom stereocenters. The van der Waals surface area contributed by atoms with Crippen molar-refractivity contribution in [1.82, 2.24) is 15.3 Å². The Morgan fingerprint density at radius 3 is 2.74 bits per heavy atom. The van der Waals surface area contributed by atoms with E-state index in [4.69, 9.17) is 0 Å². The molecular formula is C14H20N4S. The van der Waals surface area contributed by atoms with Crippen molar-refractivity contribution in [2.24, 2.45) is 0 Å². The molecule has 1 N–H and O–H groups in total. The van der Waals surface area contributed by atoms with E-state index in [1.165, 1.54) is 10.3 Å². The monoisotopic (exact) mass is 276 g/mol. The van der Waals surface area contributed by atoms with Gasteiger partial charge >= 0.3 is 0 Å². The quantitative estimate of drug-likeness (QED) is 0.915. The molecule has 0 bridgehead atoms. The molecule has 1 fully saturated rings. The fourth-order valence-electron chi connectivity index (χ4n) is 2.64. The van der Waals surface area contributed by atoms with Crippen LogP contribution in [-0.4, -0.2) is 35.6 Å². The van der Waals surface area contributed by atoms with Crippen LogP contribution in [0.3, 0.4) is 0 Å². The number of nitrogens with zero attached hydrogens (tertiary/aromatic N) is 3. The van der Waals surface area contributed by atoms with Crippen molar-refractivity contribution in [2.45, 2.75) is 32.2 Å². The Labute approximate surface area is 117 Å². The second-order valence-electron chi connectivity index (χ2n) is 5.59. The highest BCUT2D eigenvalue weighted by Crippen LogP contribution is 2.33. The van der Waals surface area contributed by atoms with Crippen LogP contribution in [0.15, 0.2) is 11.7 Å². The Hall–Kier alpha value is -1.20. The fourth-order valence-corrected chi connectivity index (χ4v) is 3.66. The van der Waals surface area contributed by atoms with Crippen LogP contribution in [0.4, 0.5) is 5.82 Å². The molecule has 2 aromatic rings. The summed E-state index contributed by atoms with van der Waals surface area (Å²) < 4.78 is 1.23. The van der Waals surface area contributed by atoms with Crippen molar-refractivity contribution in [3.05, 3.63) is 17.3 Å². The van der Waals surface area contributed by atoms with Gasteiger partial charge < -0.3 is 10.2 Å². The average Bonchev–Trinajstić information content (AvgIpc) is 2.82. The fraction of sp³-hybridized carbons (Fsp3) is 0.571. The molecule has 0 radical (unpaired) electrons. The first kappa shape index (κ1) is 12.8. The van der Waals surface area contributed by atoms with E-state index in [9.17, 15) is 0 Å². The minimum atomic E-state index is 0.272. The Morgan fingerprint density at radius 2 is 2.05 bits per heavy atom. The van der Waals surface area contributed by atoms with Gasteiger partial charge in [0.25, 0.3) is 0 Å². The summed E-state index contributed by atoms with van der Waals surface area (Å²) >= 11 is 1.76. The third kappa shape index (κ3) is 2.21. The molecule has 1 aliphatic rings. The third-order valence-electron chi connectivity index (χ3n) is 4.28. The molecule has 0 aliphatic carbocycles. The maximum atomic E-state index is 4.52. The van der Waals surface area contributed by atoms with Crippen LogP contribution in [0, 0.1) is 6.92 Å². The van der Waals surface area contributed by atoms with E-state index in [2.05, 4.69) is 46.5 Å². The molecule has 19 heavy (non-hydrogen) atoms. The molecule has 102 valence electrons. The molecule has 4 nitrogen and oxygen atoms in total. The maximum Gasteiger partial charge on any atom is 0.150 e. The second-order valence-corrected chi connectivity index (χ2v) is 6.47. The van der Waals surface area contributed by atoms with Crippen LogP contribution < -0.4 is 10.2 Å². The molecule has 5 heteroatoms. The zero-order chi connectivity index (χ0) is 13.5. The van der Waals surface area contributed by atoms with Crippen LogP contribution in [0.1, 0.15) is 25.3 Å². The van der Waals surface area contributed by atoms with Crippen molar-refractivity contribution < 1.29 is 0 Å². The molecule has 1 saturated heterocycles. The first-order valence-electron chi connectivity index (χ1n) is 6.76. The number of nitrogens with one attached hydrogen (secondary N) is 1. The third-order valence-corrected chi connectivity index (χ3v) is 5.37. The summed E-state index contributed by atoms with van der Waals surface area (Å²) in [7, 11) is 2.06. The second kappa shape index (κ2) is 4.72. The summed E-state index contributed by atoms with van der Waals surface area (Å²) in [5, 5.41) is 5.61. The van der Waals surface area contributed by atoms with E-state index in [0.717, 1.165) is 37.3 Å². The smallest absolute Gasteiger partial charge is 0.150 e. The predicted octanol–water partition coefficient (Wildman–Crippen LogP) is 2.58. The van der Waals surface area contributed by atoms with Gasteiger partial charge in [-0.15, -0.1) is 11.3 Å². The number of rotatable bonds is 2. The zero-order valence-electron chi connectivity index (χ0n) is 11.7. The summed E-state index contributed by atoms with van der Waals surface area (Å²) in [6, 6.07) is 0. The number of aromatic nitrogens is 2. The first-order valence-corrected chi connectivity index (χ1v) is 7.63. The lowest BCUT2D eigenvalue weighted by molar-refractivity contribution is 0.304. The molecule has 2 aromatic heterocycles. The van der Waals surface area contributed by atoms with Crippen molar-refractivity contribution in [2.75, 3.05) is 25.0 Å². The largest absolute Gasteiger partial charge is 0.355 e. The summed E-state index contributed by atoms with van der Waals surface area (Å²) in [6.45, 7) is 6.53. The molecular weight excluding hydrogens is 256 g/mol. The summed E-state index contributed by atoms with van der Waals surface area (Å²) in [5.41, 5.74) is 2.63. The standard InChI is InChI=1S/C14H20N4S/c1-10-8-19-12-11(10)16-9-17-13(12)18-6-4-14(2,15-3)5-7-18/h8-9,15H,4-7H2,1-3H3. The van der Waals surface area contributed by atoms with E-state index >= 15 is 0 Å². The normalized spacial score (nSPS) is 19.0. The zero-order valence-corrected chi connectivity index (χ0v) is 12.5. The number of thiophene rings is 1. The van der Waals surface area contributed by atoms with E-state index < -0.39 is 0 Å². The summed E-state index contributed by atoms with van der Waals surface area (Å²) in [6.07, 6.45) is 4.00. The van der Waals surface area contributed by atoms with Crippen LogP contribution in [0.25, 0.3) is 10.2 Å². The predicted molar refractivity (Wildman–Crippen MR) is 81.1 cm³/mol. The van der Waals surface area contributed by atoms with E-state index in [1.807, 2.05) is 0 Å². The average molecular weight is 276 g/mol. The van der Waals surface area contributed by atoms with Gasteiger partial charge in [0.1, 0.15) is 12.1 Å². The molecule has 0 atom stereocenters. The molecule has 3 rings (SSSR count). The highest BCUT2D eigenvalue weighted by molar-refractivity contribution is 7.18. The van der Waals surface area contributed by atoms with Gasteiger partial charge in [-0.3, -0.25) is 0 Å². The molecule has 0 aromatic carbocycles. The van der Waals surface area contributed by atoms with Crippen molar-refractivity contribution in [1.29, 1.82) is 0 Å². The topological polar surface area (TPSA) is 41.0 Å². The maximum absolute atomic E-state index is 4.52. The number of piperidine rings is 1. The molecule has 0 spiro atoms. The Bertz CT molecular complexity index is 584. The lowest BCUT2D eigenvalue weighted by Gasteiger charge is -2.39. The SMILES string of the molecule is CNC1(C)CCN(c2ncnc3c(C)csc23)CC1. The van der Waals surface area contributed by atoms with Crippen molar-refractivity contribution in [3.63, 3.8) is 0 Å². The van der Waals surface area contributed by atoms with E-state index in [1.54, 1.807) is 17.7 Å². The van der Waals surface area contributed by atoms with Gasteiger partial charge in [0.15, 0.2) is 0 Å². The van der Waals surface area contributed by atoms with Gasteiger partial charge in [-0.1, -0.05) is 0 Å². The van der Waals surface area contributed by atoms with Crippen LogP contribution >= 0.6 is 11.3 Å². The molecule has 1 aliphatic heterocycles. The summed E-state index contributed by atoms with van der Waals surface area (Å²) in [4.78, 5) is 11.3. The highest BCUT2D eigenvalue weighted by atomic mass is 32.1. The Kier molecular flexibility index (Phi) is 3.19. The van der Waals surface area contributed by atoms with E-state index in [0.29, 0.717) is 0 Å². The van der Waals surface area contributed by atoms with Crippen molar-refractivity contribution >= 4 is 27.4 Å². The molecule has 0 saturated carbocycles. The van der Waals surface area contributed by atoms with Gasteiger partial charge in [0.2, 0.25) is 0 Å². The van der Waals surface area contributed by atoms with Crippen LogP contribution in [0.2, 0.25) is 0 Å². The number of hydrogen-bond acceptors (Lipinski definition) is 5. The lowest BCUT2D eigenvalue weighted by Crippen LogP contribution is -2.50.